The van der Waals surface area contributed by atoms with E-state index in [2.05, 4.69) is 10.4 Å². The van der Waals surface area contributed by atoms with E-state index in [9.17, 15) is 41.2 Å². The normalized spacial score (nSPS) is 13.4. The minimum Gasteiger partial charge on any atom is -0.569 e. The first-order chi connectivity index (χ1) is 23.3. The number of amides is 1. The van der Waals surface area contributed by atoms with E-state index in [0.717, 1.165) is 33.5 Å². The van der Waals surface area contributed by atoms with Crippen molar-refractivity contribution in [3.8, 4) is 16.9 Å². The Bertz CT molecular complexity index is 1800. The molecule has 3 rings (SSSR count). The monoisotopic (exact) mass is 726 g/mol. The van der Waals surface area contributed by atoms with Crippen molar-refractivity contribution in [2.45, 2.75) is 70.9 Å². The van der Waals surface area contributed by atoms with Gasteiger partial charge in [0.2, 0.25) is 11.2 Å². The minimum atomic E-state index is -4.73. The van der Waals surface area contributed by atoms with E-state index in [0.29, 0.717) is 5.56 Å². The Morgan fingerprint density at radius 1 is 1.04 bits per heavy atom. The molecule has 19 heteroatoms. The quantitative estimate of drug-likeness (QED) is 0.0755. The third-order valence-corrected chi connectivity index (χ3v) is 8.34. The Balaban J connectivity index is 1.55. The third-order valence-electron chi connectivity index (χ3n) is 6.96. The fourth-order valence-electron chi connectivity index (χ4n) is 3.94. The second-order valence-electron chi connectivity index (χ2n) is 11.4. The van der Waals surface area contributed by atoms with Crippen LogP contribution >= 0.6 is 0 Å². The summed E-state index contributed by atoms with van der Waals surface area (Å²) in [7, 11) is -3.09. The average molecular weight is 727 g/mol. The molecule has 272 valence electrons. The van der Waals surface area contributed by atoms with Gasteiger partial charge in [-0.05, 0) is 44.2 Å². The number of esters is 2. The molecule has 3 aromatic rings. The van der Waals surface area contributed by atoms with Crippen molar-refractivity contribution in [2.24, 2.45) is 11.2 Å². The molecule has 0 fully saturated rings. The SMILES string of the molecule is Cc1ccc(-c2cc(C(F)(F)F)nn2-c2ccc(S(=O)(=O)NC(=O)CCC(=O)OC[C@H](C)N(C)/[N+]([O-])=N/OC(C)OC(=O)C(C)C)cc2)cc1. The van der Waals surface area contributed by atoms with Crippen LogP contribution in [0.5, 0.6) is 0 Å². The second kappa shape index (κ2) is 16.5. The lowest BCUT2D eigenvalue weighted by molar-refractivity contribution is -0.714. The predicted molar refractivity (Wildman–Crippen MR) is 169 cm³/mol. The maximum atomic E-state index is 13.5. The molecule has 1 heterocycles. The standard InChI is InChI=1S/C31H37F3N6O9S/c1-19(2)30(43)48-22(5)49-37-40(44)38(6)21(4)18-47-29(42)16-15-28(41)36-50(45,46)25-13-11-24(12-14-25)39-26(17-27(35-39)31(32,33)34)23-9-7-20(3)8-10-23/h7-14,17,19,21-22H,15-16,18H2,1-6H3,(H,36,41)/b40-37-/t21-,22?/m0/s1. The van der Waals surface area contributed by atoms with E-state index < -0.39 is 70.8 Å². The number of ether oxygens (including phenoxy) is 2. The molecule has 0 saturated carbocycles. The number of rotatable bonds is 15. The zero-order valence-electron chi connectivity index (χ0n) is 28.0. The van der Waals surface area contributed by atoms with Crippen molar-refractivity contribution in [3.05, 3.63) is 71.1 Å². The molecule has 1 unspecified atom stereocenters. The molecule has 0 saturated heterocycles. The van der Waals surface area contributed by atoms with Crippen molar-refractivity contribution in [1.29, 1.82) is 0 Å². The number of aryl methyl sites for hydroxylation is 1. The average Bonchev–Trinajstić information content (AvgIpc) is 3.51. The summed E-state index contributed by atoms with van der Waals surface area (Å²) in [6.07, 6.45) is -6.91. The number of likely N-dealkylation sites (N-methyl/N-ethyl adjacent to an activating group) is 1. The Kier molecular flexibility index (Phi) is 12.9. The number of sulfonamides is 1. The highest BCUT2D eigenvalue weighted by Gasteiger charge is 2.35. The molecule has 15 nitrogen and oxygen atoms in total. The lowest BCUT2D eigenvalue weighted by Crippen LogP contribution is -2.39. The predicted octanol–water partition coefficient (Wildman–Crippen LogP) is 4.67. The number of hydrogen-bond acceptors (Lipinski definition) is 11. The maximum Gasteiger partial charge on any atom is 0.435 e. The van der Waals surface area contributed by atoms with Gasteiger partial charge in [0.05, 0.1) is 40.6 Å². The number of hydrazine groups is 1. The summed E-state index contributed by atoms with van der Waals surface area (Å²) in [4.78, 5) is 40.7. The third kappa shape index (κ3) is 10.9. The van der Waals surface area contributed by atoms with Crippen LogP contribution < -0.4 is 4.72 Å². The van der Waals surface area contributed by atoms with Crippen LogP contribution in [0.3, 0.4) is 0 Å². The molecule has 1 aromatic heterocycles. The molecule has 1 N–H and O–H groups in total. The molecule has 0 radical (unpaired) electrons. The van der Waals surface area contributed by atoms with Crippen LogP contribution in [0.2, 0.25) is 0 Å². The van der Waals surface area contributed by atoms with Crippen LogP contribution in [0, 0.1) is 18.0 Å². The van der Waals surface area contributed by atoms with Gasteiger partial charge in [-0.15, -0.1) is 5.01 Å². The molecule has 1 amide bonds. The lowest BCUT2D eigenvalue weighted by Gasteiger charge is -2.20. The highest BCUT2D eigenvalue weighted by molar-refractivity contribution is 7.90. The second-order valence-corrected chi connectivity index (χ2v) is 13.1. The summed E-state index contributed by atoms with van der Waals surface area (Å²) in [6, 6.07) is 11.6. The fraction of sp³-hybridized carbons (Fsp3) is 0.419. The molecule has 0 aliphatic heterocycles. The van der Waals surface area contributed by atoms with Gasteiger partial charge in [0.15, 0.2) is 5.69 Å². The topological polar surface area (TPSA) is 185 Å². The van der Waals surface area contributed by atoms with Crippen LogP contribution in [-0.4, -0.2) is 72.0 Å². The highest BCUT2D eigenvalue weighted by Crippen LogP contribution is 2.33. The van der Waals surface area contributed by atoms with Gasteiger partial charge in [-0.2, -0.15) is 18.3 Å². The van der Waals surface area contributed by atoms with Crippen LogP contribution in [0.25, 0.3) is 16.9 Å². The number of benzene rings is 2. The molecular weight excluding hydrogens is 689 g/mol. The zero-order valence-corrected chi connectivity index (χ0v) is 28.8. The van der Waals surface area contributed by atoms with Crippen molar-refractivity contribution < 1.29 is 55.3 Å². The van der Waals surface area contributed by atoms with Gasteiger partial charge in [-0.1, -0.05) is 43.7 Å². The number of carbonyl (C=O) groups is 3. The largest absolute Gasteiger partial charge is 0.569 e. The Labute approximate surface area is 286 Å². The Morgan fingerprint density at radius 3 is 2.24 bits per heavy atom. The number of alkyl halides is 3. The lowest BCUT2D eigenvalue weighted by atomic mass is 10.1. The smallest absolute Gasteiger partial charge is 0.435 e. The summed E-state index contributed by atoms with van der Waals surface area (Å²) < 4.78 is 79.0. The Hall–Kier alpha value is -5.20. The van der Waals surface area contributed by atoms with Gasteiger partial charge in [0, 0.05) is 18.9 Å². The molecule has 0 bridgehead atoms. The number of carbonyl (C=O) groups excluding carboxylic acids is 3. The number of aromatic nitrogens is 2. The van der Waals surface area contributed by atoms with Crippen LogP contribution in [0.1, 0.15) is 51.8 Å². The molecule has 0 aliphatic carbocycles. The number of nitrogens with zero attached hydrogens (tertiary/aromatic N) is 5. The molecule has 0 aliphatic rings. The number of halogens is 3. The molecule has 2 aromatic carbocycles. The van der Waals surface area contributed by atoms with Gasteiger partial charge < -0.3 is 14.7 Å². The first-order valence-corrected chi connectivity index (χ1v) is 16.6. The van der Waals surface area contributed by atoms with Crippen LogP contribution in [0.15, 0.2) is 64.8 Å². The van der Waals surface area contributed by atoms with Gasteiger partial charge >= 0.3 is 18.1 Å². The van der Waals surface area contributed by atoms with Gasteiger partial charge in [0.25, 0.3) is 16.3 Å². The van der Waals surface area contributed by atoms with Crippen LogP contribution in [0.4, 0.5) is 13.2 Å². The summed E-state index contributed by atoms with van der Waals surface area (Å²) >= 11 is 0. The first-order valence-electron chi connectivity index (χ1n) is 15.1. The van der Waals surface area contributed by atoms with Crippen molar-refractivity contribution in [3.63, 3.8) is 0 Å². The van der Waals surface area contributed by atoms with E-state index in [1.165, 1.54) is 33.0 Å². The number of nitrogens with one attached hydrogen (secondary N) is 1. The van der Waals surface area contributed by atoms with E-state index in [-0.39, 0.29) is 27.9 Å². The van der Waals surface area contributed by atoms with Gasteiger partial charge in [0.1, 0.15) is 12.6 Å². The van der Waals surface area contributed by atoms with E-state index in [4.69, 9.17) is 14.3 Å². The number of hydrogen-bond donors (Lipinski definition) is 1. The van der Waals surface area contributed by atoms with Crippen molar-refractivity contribution in [2.75, 3.05) is 13.7 Å². The molecular formula is C31H37F3N6O9S. The summed E-state index contributed by atoms with van der Waals surface area (Å²) in [5.74, 6) is -2.84. The van der Waals surface area contributed by atoms with Crippen molar-refractivity contribution >= 4 is 27.9 Å². The van der Waals surface area contributed by atoms with E-state index in [1.807, 2.05) is 11.6 Å². The molecule has 50 heavy (non-hydrogen) atoms. The minimum absolute atomic E-state index is 0.0564. The van der Waals surface area contributed by atoms with E-state index >= 15 is 0 Å². The summed E-state index contributed by atoms with van der Waals surface area (Å²) in [5, 5.41) is 20.1. The highest BCUT2D eigenvalue weighted by atomic mass is 32.2. The molecule has 2 atom stereocenters. The first kappa shape index (κ1) is 39.2. The van der Waals surface area contributed by atoms with Crippen molar-refractivity contribution in [1.82, 2.24) is 19.5 Å². The summed E-state index contributed by atoms with van der Waals surface area (Å²) in [5.41, 5.74) is 0.467. The van der Waals surface area contributed by atoms with Gasteiger partial charge in [-0.25, -0.2) is 17.8 Å². The van der Waals surface area contributed by atoms with Crippen LogP contribution in [-0.2, 0) is 44.9 Å². The molecule has 0 spiro atoms. The Morgan fingerprint density at radius 2 is 1.66 bits per heavy atom. The fourth-order valence-corrected chi connectivity index (χ4v) is 4.95. The summed E-state index contributed by atoms with van der Waals surface area (Å²) in [6.45, 7) is 7.64. The van der Waals surface area contributed by atoms with Gasteiger partial charge in [-0.3, -0.25) is 19.2 Å². The zero-order chi connectivity index (χ0) is 37.4. The van der Waals surface area contributed by atoms with E-state index in [1.54, 1.807) is 38.1 Å². The maximum absolute atomic E-state index is 13.5.